The van der Waals surface area contributed by atoms with Gasteiger partial charge in [-0.3, -0.25) is 9.55 Å². The minimum absolute atomic E-state index is 0.211. The van der Waals surface area contributed by atoms with Crippen LogP contribution in [0.4, 0.5) is 5.82 Å². The average Bonchev–Trinajstić information content (AvgIpc) is 2.72. The molecule has 0 aliphatic carbocycles. The predicted octanol–water partition coefficient (Wildman–Crippen LogP) is 0.463. The number of carbonyl (C=O) groups is 1. The van der Waals surface area contributed by atoms with Gasteiger partial charge < -0.3 is 20.3 Å². The van der Waals surface area contributed by atoms with Crippen LogP contribution in [0.5, 0.6) is 11.5 Å². The summed E-state index contributed by atoms with van der Waals surface area (Å²) in [6.45, 7) is 0. The molecule has 20 heavy (non-hydrogen) atoms. The van der Waals surface area contributed by atoms with Crippen LogP contribution in [-0.4, -0.2) is 34.8 Å². The van der Waals surface area contributed by atoms with Crippen LogP contribution in [0.2, 0.25) is 0 Å². The molecule has 0 aliphatic rings. The van der Waals surface area contributed by atoms with E-state index in [0.717, 1.165) is 4.57 Å². The van der Waals surface area contributed by atoms with Gasteiger partial charge in [-0.2, -0.15) is 0 Å². The van der Waals surface area contributed by atoms with Crippen molar-refractivity contribution in [2.75, 3.05) is 20.0 Å². The number of nitrogens with two attached hydrogens (primary N) is 1. The fourth-order valence-corrected chi connectivity index (χ4v) is 1.87. The van der Waals surface area contributed by atoms with E-state index in [-0.39, 0.29) is 11.5 Å². The van der Waals surface area contributed by atoms with Crippen LogP contribution < -0.4 is 20.9 Å². The van der Waals surface area contributed by atoms with Crippen LogP contribution in [0, 0.1) is 0 Å². The average molecular weight is 279 g/mol. The van der Waals surface area contributed by atoms with Crippen LogP contribution in [0.15, 0.2) is 23.0 Å². The molecule has 0 unspecified atom stereocenters. The number of rotatable bonds is 4. The van der Waals surface area contributed by atoms with Gasteiger partial charge in [-0.15, -0.1) is 0 Å². The summed E-state index contributed by atoms with van der Waals surface area (Å²) in [5.74, 6) is -0.689. The summed E-state index contributed by atoms with van der Waals surface area (Å²) < 4.78 is 11.2. The van der Waals surface area contributed by atoms with Gasteiger partial charge in [0.25, 0.3) is 0 Å². The number of ether oxygens (including phenoxy) is 2. The summed E-state index contributed by atoms with van der Waals surface area (Å²) in [4.78, 5) is 25.3. The van der Waals surface area contributed by atoms with Crippen LogP contribution in [0.25, 0.3) is 5.69 Å². The highest BCUT2D eigenvalue weighted by molar-refractivity contribution is 5.91. The Morgan fingerprint density at radius 2 is 1.95 bits per heavy atom. The van der Waals surface area contributed by atoms with Gasteiger partial charge in [0.05, 0.1) is 19.9 Å². The monoisotopic (exact) mass is 279 g/mol. The molecule has 0 aliphatic heterocycles. The van der Waals surface area contributed by atoms with E-state index in [4.69, 9.17) is 20.3 Å². The predicted molar refractivity (Wildman–Crippen MR) is 70.9 cm³/mol. The third-order valence-corrected chi connectivity index (χ3v) is 2.75. The lowest BCUT2D eigenvalue weighted by Gasteiger charge is -2.10. The molecule has 1 aromatic heterocycles. The number of hydrogen-bond acceptors (Lipinski definition) is 5. The fourth-order valence-electron chi connectivity index (χ4n) is 1.87. The van der Waals surface area contributed by atoms with Gasteiger partial charge in [0, 0.05) is 6.07 Å². The van der Waals surface area contributed by atoms with Crippen molar-refractivity contribution in [1.82, 2.24) is 9.55 Å². The van der Waals surface area contributed by atoms with Crippen molar-refractivity contribution in [1.29, 1.82) is 0 Å². The highest BCUT2D eigenvalue weighted by atomic mass is 16.5. The zero-order chi connectivity index (χ0) is 14.9. The molecule has 0 radical (unpaired) electrons. The molecule has 106 valence electrons. The van der Waals surface area contributed by atoms with E-state index in [1.165, 1.54) is 26.4 Å². The van der Waals surface area contributed by atoms with E-state index >= 15 is 0 Å². The Morgan fingerprint density at radius 3 is 2.50 bits per heavy atom. The maximum Gasteiger partial charge on any atom is 0.356 e. The maximum absolute atomic E-state index is 11.8. The molecule has 2 aromatic rings. The first kappa shape index (κ1) is 13.5. The number of benzene rings is 1. The lowest BCUT2D eigenvalue weighted by molar-refractivity contribution is 0.0689. The van der Waals surface area contributed by atoms with Gasteiger partial charge in [0.2, 0.25) is 0 Å². The summed E-state index contributed by atoms with van der Waals surface area (Å²) in [5.41, 5.74) is 4.82. The largest absolute Gasteiger partial charge is 0.493 e. The number of aromatic amines is 1. The minimum atomic E-state index is -1.31. The third kappa shape index (κ3) is 2.07. The zero-order valence-corrected chi connectivity index (χ0v) is 10.8. The van der Waals surface area contributed by atoms with E-state index in [1.54, 1.807) is 6.07 Å². The molecule has 8 heteroatoms. The van der Waals surface area contributed by atoms with Crippen LogP contribution in [-0.2, 0) is 0 Å². The second-order valence-corrected chi connectivity index (χ2v) is 3.87. The molecule has 8 nitrogen and oxygen atoms in total. The highest BCUT2D eigenvalue weighted by Crippen LogP contribution is 2.29. The molecule has 1 aromatic carbocycles. The number of nitrogens with one attached hydrogen (secondary N) is 1. The number of carboxylic acid groups (broad SMARTS) is 1. The summed E-state index contributed by atoms with van der Waals surface area (Å²) in [6.07, 6.45) is 0. The first-order chi connectivity index (χ1) is 9.49. The van der Waals surface area contributed by atoms with Crippen molar-refractivity contribution in [3.8, 4) is 17.2 Å². The second kappa shape index (κ2) is 5.00. The lowest BCUT2D eigenvalue weighted by atomic mass is 10.2. The van der Waals surface area contributed by atoms with Crippen LogP contribution >= 0.6 is 0 Å². The first-order valence-electron chi connectivity index (χ1n) is 5.55. The minimum Gasteiger partial charge on any atom is -0.493 e. The second-order valence-electron chi connectivity index (χ2n) is 3.87. The number of hydrogen-bond donors (Lipinski definition) is 3. The molecule has 0 amide bonds. The van der Waals surface area contributed by atoms with E-state index in [9.17, 15) is 9.59 Å². The van der Waals surface area contributed by atoms with E-state index in [2.05, 4.69) is 4.98 Å². The summed E-state index contributed by atoms with van der Waals surface area (Å²) in [5, 5.41) is 9.13. The van der Waals surface area contributed by atoms with Crippen molar-refractivity contribution in [3.63, 3.8) is 0 Å². The van der Waals surface area contributed by atoms with Crippen molar-refractivity contribution >= 4 is 11.8 Å². The normalized spacial score (nSPS) is 10.3. The number of H-pyrrole nitrogens is 1. The molecular weight excluding hydrogens is 266 g/mol. The molecule has 0 spiro atoms. The highest BCUT2D eigenvalue weighted by Gasteiger charge is 2.20. The quantitative estimate of drug-likeness (QED) is 0.748. The molecule has 2 rings (SSSR count). The summed E-state index contributed by atoms with van der Waals surface area (Å²) >= 11 is 0. The standard InChI is InChI=1S/C12H13N3O5/c1-19-7-4-3-6(5-8(7)20-2)15-9(11(16)17)10(13)14-12(15)18/h3-5H,13H2,1-2H3,(H,14,18)(H,16,17). The van der Waals surface area contributed by atoms with Gasteiger partial charge >= 0.3 is 11.7 Å². The van der Waals surface area contributed by atoms with Gasteiger partial charge in [-0.25, -0.2) is 9.59 Å². The Labute approximate surface area is 113 Å². The smallest absolute Gasteiger partial charge is 0.356 e. The molecule has 0 saturated heterocycles. The number of carboxylic acids is 1. The van der Waals surface area contributed by atoms with Gasteiger partial charge in [0.15, 0.2) is 17.2 Å². The Bertz CT molecular complexity index is 716. The lowest BCUT2D eigenvalue weighted by Crippen LogP contribution is -2.19. The summed E-state index contributed by atoms with van der Waals surface area (Å²) in [6, 6.07) is 4.58. The number of methoxy groups -OCH3 is 2. The Balaban J connectivity index is 2.69. The number of nitrogen functional groups attached to an aromatic ring is 1. The number of anilines is 1. The molecule has 4 N–H and O–H groups in total. The molecule has 0 fully saturated rings. The van der Waals surface area contributed by atoms with Crippen LogP contribution in [0.3, 0.4) is 0 Å². The molecule has 1 heterocycles. The number of nitrogens with zero attached hydrogens (tertiary/aromatic N) is 1. The molecular formula is C12H13N3O5. The van der Waals surface area contributed by atoms with Gasteiger partial charge in [-0.1, -0.05) is 0 Å². The topological polar surface area (TPSA) is 120 Å². The summed E-state index contributed by atoms with van der Waals surface area (Å²) in [7, 11) is 2.91. The Kier molecular flexibility index (Phi) is 3.38. The van der Waals surface area contributed by atoms with Gasteiger partial charge in [-0.05, 0) is 12.1 Å². The van der Waals surface area contributed by atoms with Gasteiger partial charge in [0.1, 0.15) is 5.82 Å². The number of imidazole rings is 1. The molecule has 0 atom stereocenters. The zero-order valence-electron chi connectivity index (χ0n) is 10.8. The Hall–Kier alpha value is -2.90. The third-order valence-electron chi connectivity index (χ3n) is 2.75. The van der Waals surface area contributed by atoms with Crippen LogP contribution in [0.1, 0.15) is 10.5 Å². The van der Waals surface area contributed by atoms with E-state index < -0.39 is 11.7 Å². The van der Waals surface area contributed by atoms with E-state index in [0.29, 0.717) is 17.2 Å². The first-order valence-corrected chi connectivity index (χ1v) is 5.55. The van der Waals surface area contributed by atoms with E-state index in [1.807, 2.05) is 0 Å². The SMILES string of the molecule is COc1ccc(-n2c(C(=O)O)c(N)[nH]c2=O)cc1OC. The fraction of sp³-hybridized carbons (Fsp3) is 0.167. The van der Waals surface area contributed by atoms with Crippen molar-refractivity contribution in [2.45, 2.75) is 0 Å². The molecule has 0 saturated carbocycles. The van der Waals surface area contributed by atoms with Crippen molar-refractivity contribution in [2.24, 2.45) is 0 Å². The maximum atomic E-state index is 11.8. The van der Waals surface area contributed by atoms with Crippen molar-refractivity contribution < 1.29 is 19.4 Å². The Morgan fingerprint density at radius 1 is 1.30 bits per heavy atom. The number of aromatic carboxylic acids is 1. The van der Waals surface area contributed by atoms with Crippen molar-refractivity contribution in [3.05, 3.63) is 34.4 Å². The molecule has 0 bridgehead atoms. The number of aromatic nitrogens is 2.